The van der Waals surface area contributed by atoms with Gasteiger partial charge in [-0.3, -0.25) is 4.79 Å². The Kier molecular flexibility index (Phi) is 3.24. The maximum atomic E-state index is 11.3. The van der Waals surface area contributed by atoms with Gasteiger partial charge in [0.2, 0.25) is 0 Å². The quantitative estimate of drug-likeness (QED) is 0.741. The molecule has 5 heteroatoms. The molecule has 2 N–H and O–H groups in total. The monoisotopic (exact) mass is 198 g/mol. The van der Waals surface area contributed by atoms with Gasteiger partial charge >= 0.3 is 0 Å². The zero-order valence-corrected chi connectivity index (χ0v) is 8.28. The minimum atomic E-state index is -0.876. The van der Waals surface area contributed by atoms with E-state index in [0.29, 0.717) is 6.42 Å². The average Bonchev–Trinajstić information content (AvgIpc) is 2.67. The first kappa shape index (κ1) is 10.7. The number of carbonyl (C=O) groups is 1. The molecular formula is C9H14N2O3. The molecule has 1 atom stereocenters. The highest BCUT2D eigenvalue weighted by molar-refractivity contribution is 5.91. The molecule has 1 amide bonds. The Morgan fingerprint density at radius 2 is 2.50 bits per heavy atom. The Morgan fingerprint density at radius 3 is 3.00 bits per heavy atom. The lowest BCUT2D eigenvalue weighted by molar-refractivity contribution is 0.0516. The van der Waals surface area contributed by atoms with E-state index < -0.39 is 5.60 Å². The lowest BCUT2D eigenvalue weighted by Crippen LogP contribution is -2.40. The van der Waals surface area contributed by atoms with Crippen molar-refractivity contribution in [3.8, 4) is 0 Å². The van der Waals surface area contributed by atoms with E-state index in [0.717, 1.165) is 0 Å². The van der Waals surface area contributed by atoms with Crippen LogP contribution in [0.5, 0.6) is 0 Å². The third kappa shape index (κ3) is 2.85. The Labute approximate surface area is 82.1 Å². The van der Waals surface area contributed by atoms with E-state index in [2.05, 4.69) is 15.0 Å². The molecule has 14 heavy (non-hydrogen) atoms. The zero-order chi connectivity index (χ0) is 10.6. The van der Waals surface area contributed by atoms with Gasteiger partial charge in [0.25, 0.3) is 5.91 Å². The van der Waals surface area contributed by atoms with E-state index in [4.69, 9.17) is 0 Å². The van der Waals surface area contributed by atoms with E-state index in [-0.39, 0.29) is 18.1 Å². The number of hydrogen-bond donors (Lipinski definition) is 2. The Bertz CT molecular complexity index is 293. The zero-order valence-electron chi connectivity index (χ0n) is 8.28. The highest BCUT2D eigenvalue weighted by atomic mass is 16.5. The number of hydrogen-bond acceptors (Lipinski definition) is 4. The van der Waals surface area contributed by atoms with Crippen molar-refractivity contribution in [2.45, 2.75) is 25.9 Å². The van der Waals surface area contributed by atoms with Gasteiger partial charge in [-0.25, -0.2) is 0 Å². The van der Waals surface area contributed by atoms with Crippen LogP contribution in [0.4, 0.5) is 0 Å². The molecule has 0 saturated carbocycles. The molecular weight excluding hydrogens is 184 g/mol. The standard InChI is InChI=1S/C9H14N2O3/c1-3-9(2,13)6-10-8(12)7-4-5-14-11-7/h4-5,13H,3,6H2,1-2H3,(H,10,12). The summed E-state index contributed by atoms with van der Waals surface area (Å²) in [6.07, 6.45) is 1.90. The summed E-state index contributed by atoms with van der Waals surface area (Å²) < 4.78 is 4.52. The van der Waals surface area contributed by atoms with Crippen molar-refractivity contribution in [2.24, 2.45) is 0 Å². The van der Waals surface area contributed by atoms with Crippen LogP contribution in [0, 0.1) is 0 Å². The second-order valence-corrected chi connectivity index (χ2v) is 3.42. The van der Waals surface area contributed by atoms with Crippen LogP contribution in [0.3, 0.4) is 0 Å². The predicted molar refractivity (Wildman–Crippen MR) is 49.8 cm³/mol. The smallest absolute Gasteiger partial charge is 0.273 e. The van der Waals surface area contributed by atoms with E-state index >= 15 is 0 Å². The van der Waals surface area contributed by atoms with Crippen molar-refractivity contribution < 1.29 is 14.4 Å². The number of aromatic nitrogens is 1. The molecule has 1 rings (SSSR count). The molecule has 0 aromatic carbocycles. The molecule has 5 nitrogen and oxygen atoms in total. The van der Waals surface area contributed by atoms with Crippen molar-refractivity contribution >= 4 is 5.91 Å². The SMILES string of the molecule is CCC(C)(O)CNC(=O)c1ccon1. The maximum Gasteiger partial charge on any atom is 0.273 e. The highest BCUT2D eigenvalue weighted by Crippen LogP contribution is 2.06. The van der Waals surface area contributed by atoms with Crippen LogP contribution in [0.15, 0.2) is 16.9 Å². The summed E-state index contributed by atoms with van der Waals surface area (Å²) >= 11 is 0. The number of rotatable bonds is 4. The summed E-state index contributed by atoms with van der Waals surface area (Å²) in [5, 5.41) is 15.6. The van der Waals surface area contributed by atoms with Gasteiger partial charge in [0.05, 0.1) is 5.60 Å². The molecule has 0 aliphatic carbocycles. The van der Waals surface area contributed by atoms with E-state index in [9.17, 15) is 9.90 Å². The minimum absolute atomic E-state index is 0.204. The van der Waals surface area contributed by atoms with Crippen LogP contribution in [0.1, 0.15) is 30.8 Å². The molecule has 1 aromatic heterocycles. The lowest BCUT2D eigenvalue weighted by Gasteiger charge is -2.20. The normalized spacial score (nSPS) is 14.8. The largest absolute Gasteiger partial charge is 0.388 e. The molecule has 0 aliphatic rings. The first-order chi connectivity index (χ1) is 6.55. The number of nitrogens with one attached hydrogen (secondary N) is 1. The fourth-order valence-electron chi connectivity index (χ4n) is 0.816. The molecule has 0 bridgehead atoms. The summed E-state index contributed by atoms with van der Waals surface area (Å²) in [4.78, 5) is 11.3. The van der Waals surface area contributed by atoms with Gasteiger partial charge in [-0.05, 0) is 13.3 Å². The molecule has 1 unspecified atom stereocenters. The van der Waals surface area contributed by atoms with Crippen molar-refractivity contribution in [3.05, 3.63) is 18.0 Å². The number of nitrogens with zero attached hydrogens (tertiary/aromatic N) is 1. The average molecular weight is 198 g/mol. The van der Waals surface area contributed by atoms with Crippen molar-refractivity contribution in [1.82, 2.24) is 10.5 Å². The number of aliphatic hydroxyl groups is 1. The Balaban J connectivity index is 2.43. The molecule has 1 heterocycles. The van der Waals surface area contributed by atoms with Crippen molar-refractivity contribution in [3.63, 3.8) is 0 Å². The van der Waals surface area contributed by atoms with Crippen LogP contribution in [-0.2, 0) is 0 Å². The lowest BCUT2D eigenvalue weighted by atomic mass is 10.0. The third-order valence-corrected chi connectivity index (χ3v) is 2.06. The van der Waals surface area contributed by atoms with Gasteiger partial charge in [0, 0.05) is 12.6 Å². The van der Waals surface area contributed by atoms with Crippen LogP contribution in [0.25, 0.3) is 0 Å². The fraction of sp³-hybridized carbons (Fsp3) is 0.556. The molecule has 78 valence electrons. The second-order valence-electron chi connectivity index (χ2n) is 3.42. The first-order valence-corrected chi connectivity index (χ1v) is 4.46. The third-order valence-electron chi connectivity index (χ3n) is 2.06. The molecule has 1 aromatic rings. The predicted octanol–water partition coefficient (Wildman–Crippen LogP) is 0.565. The molecule has 0 radical (unpaired) electrons. The molecule has 0 saturated heterocycles. The summed E-state index contributed by atoms with van der Waals surface area (Å²) in [6.45, 7) is 3.72. The maximum absolute atomic E-state index is 11.3. The van der Waals surface area contributed by atoms with Crippen molar-refractivity contribution in [2.75, 3.05) is 6.54 Å². The van der Waals surface area contributed by atoms with Gasteiger partial charge < -0.3 is 14.9 Å². The van der Waals surface area contributed by atoms with Crippen molar-refractivity contribution in [1.29, 1.82) is 0 Å². The highest BCUT2D eigenvalue weighted by Gasteiger charge is 2.19. The summed E-state index contributed by atoms with van der Waals surface area (Å²) in [5.41, 5.74) is -0.656. The molecule has 0 spiro atoms. The van der Waals surface area contributed by atoms with Crippen LogP contribution in [0.2, 0.25) is 0 Å². The van der Waals surface area contributed by atoms with Crippen LogP contribution < -0.4 is 5.32 Å². The first-order valence-electron chi connectivity index (χ1n) is 4.46. The summed E-state index contributed by atoms with van der Waals surface area (Å²) in [6, 6.07) is 1.47. The Hall–Kier alpha value is -1.36. The molecule has 0 aliphatic heterocycles. The number of amides is 1. The van der Waals surface area contributed by atoms with E-state index in [1.165, 1.54) is 12.3 Å². The molecule has 0 fully saturated rings. The second kappa shape index (κ2) is 4.23. The summed E-state index contributed by atoms with van der Waals surface area (Å²) in [7, 11) is 0. The van der Waals surface area contributed by atoms with Crippen LogP contribution >= 0.6 is 0 Å². The Morgan fingerprint density at radius 1 is 1.79 bits per heavy atom. The fourth-order valence-corrected chi connectivity index (χ4v) is 0.816. The van der Waals surface area contributed by atoms with E-state index in [1.807, 2.05) is 6.92 Å². The van der Waals surface area contributed by atoms with Gasteiger partial charge in [-0.2, -0.15) is 0 Å². The topological polar surface area (TPSA) is 75.4 Å². The summed E-state index contributed by atoms with van der Waals surface area (Å²) in [5.74, 6) is -0.340. The van der Waals surface area contributed by atoms with Gasteiger partial charge in [-0.1, -0.05) is 12.1 Å². The minimum Gasteiger partial charge on any atom is -0.388 e. The van der Waals surface area contributed by atoms with Gasteiger partial charge in [0.1, 0.15) is 6.26 Å². The number of carbonyl (C=O) groups excluding carboxylic acids is 1. The van der Waals surface area contributed by atoms with E-state index in [1.54, 1.807) is 6.92 Å². The van der Waals surface area contributed by atoms with Gasteiger partial charge in [-0.15, -0.1) is 0 Å². The van der Waals surface area contributed by atoms with Crippen LogP contribution in [-0.4, -0.2) is 28.3 Å². The van der Waals surface area contributed by atoms with Gasteiger partial charge in [0.15, 0.2) is 5.69 Å².